The van der Waals surface area contributed by atoms with Crippen LogP contribution >= 0.6 is 0 Å². The van der Waals surface area contributed by atoms with Crippen molar-refractivity contribution in [1.29, 1.82) is 0 Å². The number of amides is 1. The minimum Gasteiger partial charge on any atom is -1.00 e. The molecule has 0 saturated heterocycles. The van der Waals surface area contributed by atoms with Crippen LogP contribution in [0.1, 0.15) is 17.5 Å². The Bertz CT molecular complexity index is 1170. The minimum atomic E-state index is -2.63. The Morgan fingerprint density at radius 2 is 1.74 bits per heavy atom. The Morgan fingerprint density at radius 1 is 1.12 bits per heavy atom. The summed E-state index contributed by atoms with van der Waals surface area (Å²) in [6.45, 7) is 0. The average molecular weight is 493 g/mol. The van der Waals surface area contributed by atoms with Crippen LogP contribution in [0.3, 0.4) is 0 Å². The standard InChI is InChI=1S/C23H27N3O7.ClH/c1-25(2)12-5-6-13(27)15-10(12)7-9-8-11-17(26(3)4)19(29)16(22(24)32)21(31)23(11,33)20(30)14(9)18(15)28;/h5-6,9,11,17,27-28,31,33H,7-8H2,1-4H3,(H2,24,32);1H/p-1/t9?,11?,17-,23-;/m1./s1. The number of phenolic OH excluding ortho intramolecular Hbond substituents is 1. The van der Waals surface area contributed by atoms with Gasteiger partial charge >= 0.3 is 0 Å². The van der Waals surface area contributed by atoms with Crippen LogP contribution in [0.2, 0.25) is 0 Å². The van der Waals surface area contributed by atoms with Crippen molar-refractivity contribution in [2.45, 2.75) is 24.5 Å². The number of nitrogens with two attached hydrogens (primary N) is 1. The third kappa shape index (κ3) is 3.20. The molecule has 1 amide bonds. The second kappa shape index (κ2) is 8.30. The van der Waals surface area contributed by atoms with Gasteiger partial charge < -0.3 is 43.5 Å². The first-order valence-electron chi connectivity index (χ1n) is 10.5. The van der Waals surface area contributed by atoms with Crippen LogP contribution in [-0.2, 0) is 20.8 Å². The number of ketones is 2. The molecule has 0 radical (unpaired) electrons. The van der Waals surface area contributed by atoms with Crippen molar-refractivity contribution in [1.82, 2.24) is 4.90 Å². The van der Waals surface area contributed by atoms with Crippen LogP contribution in [0.15, 0.2) is 29.0 Å². The predicted octanol–water partition coefficient (Wildman–Crippen LogP) is -2.97. The number of rotatable bonds is 3. The molecule has 2 unspecified atom stereocenters. The van der Waals surface area contributed by atoms with E-state index in [0.29, 0.717) is 5.56 Å². The first-order valence-corrected chi connectivity index (χ1v) is 10.5. The molecule has 1 aromatic carbocycles. The molecule has 0 aromatic heterocycles. The van der Waals surface area contributed by atoms with Crippen molar-refractivity contribution in [3.63, 3.8) is 0 Å². The summed E-state index contributed by atoms with van der Waals surface area (Å²) in [7, 11) is 6.75. The molecule has 1 fully saturated rings. The number of phenols is 1. The Hall–Kier alpha value is -3.08. The number of aliphatic hydroxyl groups is 3. The fourth-order valence-electron chi connectivity index (χ4n) is 5.65. The number of Topliss-reactive ketones (excluding diaryl/α,β-unsaturated/α-hetero) is 2. The van der Waals surface area contributed by atoms with Crippen molar-refractivity contribution in [3.8, 4) is 5.75 Å². The molecular formula is C23H27ClN3O7-. The molecule has 1 aromatic rings. The van der Waals surface area contributed by atoms with Crippen LogP contribution in [0.4, 0.5) is 5.69 Å². The molecular weight excluding hydrogens is 466 g/mol. The number of hydrogen-bond donors (Lipinski definition) is 5. The molecule has 34 heavy (non-hydrogen) atoms. The molecule has 4 atom stereocenters. The number of aromatic hydroxyl groups is 1. The third-order valence-corrected chi connectivity index (χ3v) is 7.06. The number of carbonyl (C=O) groups is 3. The predicted molar refractivity (Wildman–Crippen MR) is 119 cm³/mol. The van der Waals surface area contributed by atoms with E-state index in [0.717, 1.165) is 5.69 Å². The van der Waals surface area contributed by atoms with Gasteiger partial charge in [-0.15, -0.1) is 0 Å². The van der Waals surface area contributed by atoms with Gasteiger partial charge in [-0.25, -0.2) is 0 Å². The van der Waals surface area contributed by atoms with E-state index < -0.39 is 58.0 Å². The number of hydrogen-bond acceptors (Lipinski definition) is 9. The Kier molecular flexibility index (Phi) is 6.23. The van der Waals surface area contributed by atoms with Crippen LogP contribution in [0, 0.1) is 11.8 Å². The van der Waals surface area contributed by atoms with E-state index in [9.17, 15) is 34.8 Å². The molecule has 184 valence electrons. The van der Waals surface area contributed by atoms with E-state index >= 15 is 0 Å². The van der Waals surface area contributed by atoms with Crippen molar-refractivity contribution in [2.24, 2.45) is 17.6 Å². The summed E-state index contributed by atoms with van der Waals surface area (Å²) in [4.78, 5) is 42.0. The zero-order chi connectivity index (χ0) is 24.6. The van der Waals surface area contributed by atoms with Crippen LogP contribution in [0.25, 0.3) is 5.76 Å². The van der Waals surface area contributed by atoms with Crippen molar-refractivity contribution in [2.75, 3.05) is 33.1 Å². The Labute approximate surface area is 202 Å². The highest BCUT2D eigenvalue weighted by Gasteiger charge is 2.64. The number of benzene rings is 1. The fraction of sp³-hybridized carbons (Fsp3) is 0.435. The van der Waals surface area contributed by atoms with Gasteiger partial charge in [-0.2, -0.15) is 0 Å². The second-order valence-electron chi connectivity index (χ2n) is 9.31. The Morgan fingerprint density at radius 3 is 2.26 bits per heavy atom. The zero-order valence-electron chi connectivity index (χ0n) is 19.2. The summed E-state index contributed by atoms with van der Waals surface area (Å²) < 4.78 is 0. The molecule has 0 bridgehead atoms. The van der Waals surface area contributed by atoms with Crippen molar-refractivity contribution >= 4 is 28.9 Å². The van der Waals surface area contributed by atoms with Crippen LogP contribution in [0.5, 0.6) is 5.75 Å². The minimum absolute atomic E-state index is 0. The number of anilines is 1. The Balaban J connectivity index is 0.00000324. The highest BCUT2D eigenvalue weighted by Crippen LogP contribution is 2.53. The van der Waals surface area contributed by atoms with Gasteiger partial charge in [-0.05, 0) is 50.6 Å². The van der Waals surface area contributed by atoms with E-state index in [2.05, 4.69) is 0 Å². The molecule has 3 aliphatic rings. The van der Waals surface area contributed by atoms with Gasteiger partial charge in [-0.1, -0.05) is 0 Å². The first kappa shape index (κ1) is 25.5. The maximum absolute atomic E-state index is 13.7. The lowest BCUT2D eigenvalue weighted by Crippen LogP contribution is -3.00. The topological polar surface area (TPSA) is 165 Å². The molecule has 0 aliphatic heterocycles. The highest BCUT2D eigenvalue weighted by atomic mass is 35.5. The van der Waals surface area contributed by atoms with Crippen LogP contribution in [-0.4, -0.2) is 82.6 Å². The fourth-order valence-corrected chi connectivity index (χ4v) is 5.65. The summed E-state index contributed by atoms with van der Waals surface area (Å²) in [5.41, 5.74) is 3.15. The number of primary amides is 1. The molecule has 0 heterocycles. The van der Waals surface area contributed by atoms with E-state index in [-0.39, 0.29) is 42.1 Å². The number of likely N-dealkylation sites (N-methyl/N-ethyl adjacent to an activating group) is 1. The van der Waals surface area contributed by atoms with E-state index in [1.54, 1.807) is 20.2 Å². The molecule has 0 spiro atoms. The SMILES string of the molecule is CN(C)c1ccc(O)c2c1CC1CC3[C@@H](N(C)C)C(=O)C(C(N)=O)=C(O)[C@]3(O)C(=O)C1=C2O.[Cl-]. The molecule has 4 rings (SSSR count). The number of halogens is 1. The molecule has 6 N–H and O–H groups in total. The number of carbonyl (C=O) groups excluding carboxylic acids is 3. The van der Waals surface area contributed by atoms with Gasteiger partial charge in [0, 0.05) is 31.3 Å². The molecule has 1 saturated carbocycles. The third-order valence-electron chi connectivity index (χ3n) is 7.06. The number of aliphatic hydroxyl groups excluding tert-OH is 2. The van der Waals surface area contributed by atoms with Gasteiger partial charge in [0.25, 0.3) is 5.91 Å². The maximum Gasteiger partial charge on any atom is 0.255 e. The summed E-state index contributed by atoms with van der Waals surface area (Å²) >= 11 is 0. The highest BCUT2D eigenvalue weighted by molar-refractivity contribution is 6.24. The summed E-state index contributed by atoms with van der Waals surface area (Å²) in [5.74, 6) is -6.54. The normalized spacial score (nSPS) is 28.2. The van der Waals surface area contributed by atoms with E-state index in [4.69, 9.17) is 5.73 Å². The quantitative estimate of drug-likeness (QED) is 0.277. The average Bonchev–Trinajstić information content (AvgIpc) is 2.70. The van der Waals surface area contributed by atoms with Crippen LogP contribution < -0.4 is 23.0 Å². The molecule has 10 nitrogen and oxygen atoms in total. The summed E-state index contributed by atoms with van der Waals surface area (Å²) in [6.07, 6.45) is 0.324. The van der Waals surface area contributed by atoms with E-state index in [1.807, 2.05) is 19.0 Å². The molecule has 11 heteroatoms. The van der Waals surface area contributed by atoms with E-state index in [1.165, 1.54) is 11.0 Å². The smallest absolute Gasteiger partial charge is 0.255 e. The van der Waals surface area contributed by atoms with Gasteiger partial charge in [0.05, 0.1) is 11.6 Å². The van der Waals surface area contributed by atoms with Gasteiger partial charge in [-0.3, -0.25) is 19.3 Å². The number of fused-ring (bicyclic) bond motifs is 3. The lowest BCUT2D eigenvalue weighted by Gasteiger charge is -2.50. The first-order chi connectivity index (χ1) is 15.3. The lowest BCUT2D eigenvalue weighted by atomic mass is 9.57. The summed E-state index contributed by atoms with van der Waals surface area (Å²) in [5, 5.41) is 43.9. The van der Waals surface area contributed by atoms with Gasteiger partial charge in [0.15, 0.2) is 11.4 Å². The molecule has 3 aliphatic carbocycles. The van der Waals surface area contributed by atoms with Crippen molar-refractivity contribution in [3.05, 3.63) is 40.2 Å². The van der Waals surface area contributed by atoms with Gasteiger partial charge in [0.2, 0.25) is 5.78 Å². The number of nitrogens with zero attached hydrogens (tertiary/aromatic N) is 2. The zero-order valence-corrected chi connectivity index (χ0v) is 19.9. The largest absolute Gasteiger partial charge is 1.00 e. The monoisotopic (exact) mass is 492 g/mol. The second-order valence-corrected chi connectivity index (χ2v) is 9.31. The lowest BCUT2D eigenvalue weighted by molar-refractivity contribution is -0.153. The maximum atomic E-state index is 13.7. The van der Waals surface area contributed by atoms with Gasteiger partial charge in [0.1, 0.15) is 22.8 Å². The summed E-state index contributed by atoms with van der Waals surface area (Å²) in [6, 6.07) is 2.01. The van der Waals surface area contributed by atoms with Crippen molar-refractivity contribution < 1.29 is 47.2 Å².